The van der Waals surface area contributed by atoms with E-state index in [1.54, 1.807) is 0 Å². The number of benzene rings is 1. The van der Waals surface area contributed by atoms with E-state index in [0.717, 1.165) is 12.0 Å². The fourth-order valence-electron chi connectivity index (χ4n) is 2.08. The molecule has 5 N–H and O–H groups in total. The largest absolute Gasteiger partial charge is 0.482 e. The molecule has 1 aromatic rings. The minimum atomic E-state index is -0.136. The summed E-state index contributed by atoms with van der Waals surface area (Å²) in [6, 6.07) is 5.58. The van der Waals surface area contributed by atoms with E-state index in [4.69, 9.17) is 16.2 Å². The molecule has 0 radical (unpaired) electrons. The average molecular weight is 249 g/mol. The van der Waals surface area contributed by atoms with Crippen molar-refractivity contribution in [3.8, 4) is 5.75 Å². The maximum Gasteiger partial charge on any atom is 0.262 e. The van der Waals surface area contributed by atoms with Crippen LogP contribution in [0.1, 0.15) is 24.9 Å². The van der Waals surface area contributed by atoms with Gasteiger partial charge in [0.25, 0.3) is 5.91 Å². The molecule has 2 atom stereocenters. The van der Waals surface area contributed by atoms with Crippen molar-refractivity contribution in [1.29, 1.82) is 0 Å². The summed E-state index contributed by atoms with van der Waals surface area (Å²) in [6.07, 6.45) is 0.876. The normalized spacial score (nSPS) is 17.4. The Balaban J connectivity index is 2.20. The number of nitrogens with two attached hydrogens (primary N) is 2. The van der Waals surface area contributed by atoms with Gasteiger partial charge in [0, 0.05) is 6.04 Å². The van der Waals surface area contributed by atoms with Crippen LogP contribution in [0.4, 0.5) is 5.69 Å². The number of ether oxygens (including phenoxy) is 1. The summed E-state index contributed by atoms with van der Waals surface area (Å²) in [5.74, 6) is 0.855. The van der Waals surface area contributed by atoms with Gasteiger partial charge in [0.2, 0.25) is 0 Å². The molecule has 0 aromatic heterocycles. The standard InChI is InChI=1S/C13H19N3O2/c1-8(4-5-14)13(15)9-2-3-11-10(6-9)16-12(17)7-18-11/h2-3,6,8,13H,4-5,7,14-15H2,1H3,(H,16,17). The molecule has 0 aliphatic carbocycles. The van der Waals surface area contributed by atoms with E-state index >= 15 is 0 Å². The lowest BCUT2D eigenvalue weighted by Crippen LogP contribution is -2.26. The van der Waals surface area contributed by atoms with Gasteiger partial charge in [0.15, 0.2) is 6.61 Å². The van der Waals surface area contributed by atoms with Crippen molar-refractivity contribution in [3.05, 3.63) is 23.8 Å². The zero-order valence-corrected chi connectivity index (χ0v) is 10.5. The van der Waals surface area contributed by atoms with E-state index in [0.29, 0.717) is 23.9 Å². The Bertz CT molecular complexity index is 448. The van der Waals surface area contributed by atoms with Gasteiger partial charge < -0.3 is 21.5 Å². The summed E-state index contributed by atoms with van der Waals surface area (Å²) >= 11 is 0. The Morgan fingerprint density at radius 1 is 1.50 bits per heavy atom. The molecule has 18 heavy (non-hydrogen) atoms. The number of hydrogen-bond donors (Lipinski definition) is 3. The van der Waals surface area contributed by atoms with Gasteiger partial charge in [-0.25, -0.2) is 0 Å². The number of carbonyl (C=O) groups is 1. The third kappa shape index (κ3) is 2.63. The lowest BCUT2D eigenvalue weighted by molar-refractivity contribution is -0.118. The minimum absolute atomic E-state index is 0.0714. The van der Waals surface area contributed by atoms with Crippen molar-refractivity contribution < 1.29 is 9.53 Å². The summed E-state index contributed by atoms with van der Waals surface area (Å²) in [5.41, 5.74) is 13.4. The lowest BCUT2D eigenvalue weighted by atomic mass is 9.92. The quantitative estimate of drug-likeness (QED) is 0.742. The summed E-state index contributed by atoms with van der Waals surface area (Å²) in [4.78, 5) is 11.3. The summed E-state index contributed by atoms with van der Waals surface area (Å²) in [5, 5.41) is 2.78. The molecule has 1 amide bonds. The van der Waals surface area contributed by atoms with Gasteiger partial charge in [-0.3, -0.25) is 4.79 Å². The van der Waals surface area contributed by atoms with Crippen molar-refractivity contribution in [3.63, 3.8) is 0 Å². The fraction of sp³-hybridized carbons (Fsp3) is 0.462. The molecule has 0 saturated carbocycles. The van der Waals surface area contributed by atoms with Crippen LogP contribution in [0.5, 0.6) is 5.75 Å². The summed E-state index contributed by atoms with van der Waals surface area (Å²) in [7, 11) is 0. The molecule has 2 rings (SSSR count). The van der Waals surface area contributed by atoms with Gasteiger partial charge in [-0.05, 0) is 36.6 Å². The van der Waals surface area contributed by atoms with Crippen LogP contribution >= 0.6 is 0 Å². The Labute approximate surface area is 106 Å². The van der Waals surface area contributed by atoms with Crippen LogP contribution in [-0.2, 0) is 4.79 Å². The first-order valence-corrected chi connectivity index (χ1v) is 6.14. The SMILES string of the molecule is CC(CCN)C(N)c1ccc2c(c1)NC(=O)CO2. The van der Waals surface area contributed by atoms with Crippen molar-refractivity contribution in [2.75, 3.05) is 18.5 Å². The van der Waals surface area contributed by atoms with Gasteiger partial charge in [-0.1, -0.05) is 13.0 Å². The summed E-state index contributed by atoms with van der Waals surface area (Å²) < 4.78 is 5.31. The van der Waals surface area contributed by atoms with Gasteiger partial charge in [-0.2, -0.15) is 0 Å². The van der Waals surface area contributed by atoms with Crippen LogP contribution in [0.15, 0.2) is 18.2 Å². The van der Waals surface area contributed by atoms with Crippen molar-refractivity contribution in [2.24, 2.45) is 17.4 Å². The number of rotatable bonds is 4. The molecule has 1 aliphatic rings. The van der Waals surface area contributed by atoms with Gasteiger partial charge in [0.1, 0.15) is 5.75 Å². The van der Waals surface area contributed by atoms with E-state index in [2.05, 4.69) is 12.2 Å². The molecule has 1 aliphatic heterocycles. The second-order valence-electron chi connectivity index (χ2n) is 4.67. The smallest absolute Gasteiger partial charge is 0.262 e. The first kappa shape index (κ1) is 12.9. The predicted octanol–water partition coefficient (Wildman–Crippen LogP) is 1.00. The fourth-order valence-corrected chi connectivity index (χ4v) is 2.08. The highest BCUT2D eigenvalue weighted by Crippen LogP contribution is 2.32. The van der Waals surface area contributed by atoms with E-state index in [1.165, 1.54) is 0 Å². The number of anilines is 1. The van der Waals surface area contributed by atoms with E-state index in [-0.39, 0.29) is 18.6 Å². The zero-order chi connectivity index (χ0) is 13.1. The number of amides is 1. The van der Waals surface area contributed by atoms with Gasteiger partial charge >= 0.3 is 0 Å². The van der Waals surface area contributed by atoms with Crippen molar-refractivity contribution in [2.45, 2.75) is 19.4 Å². The Morgan fingerprint density at radius 3 is 3.00 bits per heavy atom. The average Bonchev–Trinajstić information content (AvgIpc) is 2.37. The molecular formula is C13H19N3O2. The molecule has 0 bridgehead atoms. The molecule has 1 aromatic carbocycles. The molecule has 0 saturated heterocycles. The third-order valence-electron chi connectivity index (χ3n) is 3.26. The van der Waals surface area contributed by atoms with E-state index < -0.39 is 0 Å². The summed E-state index contributed by atoms with van der Waals surface area (Å²) in [6.45, 7) is 2.77. The molecular weight excluding hydrogens is 230 g/mol. The van der Waals surface area contributed by atoms with Crippen LogP contribution in [0.25, 0.3) is 0 Å². The Kier molecular flexibility index (Phi) is 3.84. The second kappa shape index (κ2) is 5.37. The van der Waals surface area contributed by atoms with E-state index in [9.17, 15) is 4.79 Å². The Hall–Kier alpha value is -1.59. The second-order valence-corrected chi connectivity index (χ2v) is 4.67. The van der Waals surface area contributed by atoms with Gasteiger partial charge in [-0.15, -0.1) is 0 Å². The topological polar surface area (TPSA) is 90.4 Å². The first-order valence-electron chi connectivity index (χ1n) is 6.14. The number of hydrogen-bond acceptors (Lipinski definition) is 4. The number of fused-ring (bicyclic) bond motifs is 1. The molecule has 2 unspecified atom stereocenters. The zero-order valence-electron chi connectivity index (χ0n) is 10.5. The highest BCUT2D eigenvalue weighted by molar-refractivity contribution is 5.95. The van der Waals surface area contributed by atoms with Crippen LogP contribution in [0, 0.1) is 5.92 Å². The third-order valence-corrected chi connectivity index (χ3v) is 3.26. The lowest BCUT2D eigenvalue weighted by Gasteiger charge is -2.23. The van der Waals surface area contributed by atoms with E-state index in [1.807, 2.05) is 18.2 Å². The van der Waals surface area contributed by atoms with Crippen molar-refractivity contribution >= 4 is 11.6 Å². The number of nitrogens with one attached hydrogen (secondary N) is 1. The predicted molar refractivity (Wildman–Crippen MR) is 70.3 cm³/mol. The molecule has 0 spiro atoms. The maximum absolute atomic E-state index is 11.3. The molecule has 5 heteroatoms. The van der Waals surface area contributed by atoms with Crippen LogP contribution < -0.4 is 21.5 Å². The van der Waals surface area contributed by atoms with Crippen molar-refractivity contribution in [1.82, 2.24) is 0 Å². The monoisotopic (exact) mass is 249 g/mol. The maximum atomic E-state index is 11.3. The highest BCUT2D eigenvalue weighted by Gasteiger charge is 2.19. The van der Waals surface area contributed by atoms with Crippen LogP contribution in [0.3, 0.4) is 0 Å². The highest BCUT2D eigenvalue weighted by atomic mass is 16.5. The van der Waals surface area contributed by atoms with Crippen LogP contribution in [-0.4, -0.2) is 19.1 Å². The molecule has 0 fully saturated rings. The first-order chi connectivity index (χ1) is 8.61. The number of carbonyl (C=O) groups excluding carboxylic acids is 1. The van der Waals surface area contributed by atoms with Gasteiger partial charge in [0.05, 0.1) is 5.69 Å². The minimum Gasteiger partial charge on any atom is -0.482 e. The molecule has 1 heterocycles. The Morgan fingerprint density at radius 2 is 2.28 bits per heavy atom. The van der Waals surface area contributed by atoms with Crippen LogP contribution in [0.2, 0.25) is 0 Å². The molecule has 98 valence electrons. The molecule has 5 nitrogen and oxygen atoms in total.